The first-order valence-electron chi connectivity index (χ1n) is 11.5. The molecule has 0 radical (unpaired) electrons. The van der Waals surface area contributed by atoms with Gasteiger partial charge in [0.2, 0.25) is 0 Å². The van der Waals surface area contributed by atoms with Crippen LogP contribution in [0.25, 0.3) is 5.69 Å². The number of hydrogen-bond donors (Lipinski definition) is 2. The number of nitrogens with one attached hydrogen (secondary N) is 1. The summed E-state index contributed by atoms with van der Waals surface area (Å²) in [7, 11) is 2.03. The maximum atomic E-state index is 10.6. The van der Waals surface area contributed by atoms with E-state index in [1.807, 2.05) is 60.5 Å². The van der Waals surface area contributed by atoms with Crippen molar-refractivity contribution in [3.05, 3.63) is 84.5 Å². The smallest absolute Gasteiger partial charge is 0.475 e. The summed E-state index contributed by atoms with van der Waals surface area (Å²) in [6.45, 7) is 5.42. The minimum atomic E-state index is -5.08. The normalized spacial score (nSPS) is 11.0. The SMILES string of the molecule is CC(C)c1nc(NCc2cnccn2)cc(N(C)Cc2cnn(-c3ccccc3)c2)n1.O=C(O)C(F)(F)F. The molecule has 0 saturated carbocycles. The Morgan fingerprint density at radius 2 is 1.84 bits per heavy atom. The van der Waals surface area contributed by atoms with Gasteiger partial charge in [0.25, 0.3) is 0 Å². The predicted molar refractivity (Wildman–Crippen MR) is 135 cm³/mol. The third-order valence-electron chi connectivity index (χ3n) is 5.02. The fourth-order valence-electron chi connectivity index (χ4n) is 3.12. The fourth-order valence-corrected chi connectivity index (χ4v) is 3.12. The van der Waals surface area contributed by atoms with E-state index in [9.17, 15) is 13.2 Å². The molecule has 200 valence electrons. The molecule has 3 aromatic heterocycles. The van der Waals surface area contributed by atoms with Crippen LogP contribution in [0.5, 0.6) is 0 Å². The number of carboxylic acids is 1. The van der Waals surface area contributed by atoms with E-state index in [1.54, 1.807) is 18.6 Å². The summed E-state index contributed by atoms with van der Waals surface area (Å²) in [5.74, 6) is -0.122. The van der Waals surface area contributed by atoms with Crippen LogP contribution < -0.4 is 10.2 Å². The monoisotopic (exact) mass is 528 g/mol. The van der Waals surface area contributed by atoms with Gasteiger partial charge in [-0.3, -0.25) is 9.97 Å². The van der Waals surface area contributed by atoms with E-state index in [1.165, 1.54) is 0 Å². The van der Waals surface area contributed by atoms with E-state index in [-0.39, 0.29) is 5.92 Å². The molecular formula is C25H27F3N8O2. The summed E-state index contributed by atoms with van der Waals surface area (Å²) in [6.07, 6.45) is 3.95. The topological polar surface area (TPSA) is 122 Å². The van der Waals surface area contributed by atoms with Gasteiger partial charge in [0.1, 0.15) is 17.5 Å². The summed E-state index contributed by atoms with van der Waals surface area (Å²) in [5, 5.41) is 15.0. The second kappa shape index (κ2) is 12.6. The Bertz CT molecular complexity index is 1320. The van der Waals surface area contributed by atoms with Gasteiger partial charge in [0.15, 0.2) is 0 Å². The number of benzene rings is 1. The van der Waals surface area contributed by atoms with E-state index >= 15 is 0 Å². The van der Waals surface area contributed by atoms with Crippen LogP contribution in [0.2, 0.25) is 0 Å². The van der Waals surface area contributed by atoms with Crippen molar-refractivity contribution in [2.45, 2.75) is 39.0 Å². The summed E-state index contributed by atoms with van der Waals surface area (Å²) in [5.41, 5.74) is 3.00. The van der Waals surface area contributed by atoms with E-state index in [0.29, 0.717) is 13.1 Å². The van der Waals surface area contributed by atoms with Crippen LogP contribution in [0, 0.1) is 0 Å². The Morgan fingerprint density at radius 3 is 2.45 bits per heavy atom. The maximum Gasteiger partial charge on any atom is 0.490 e. The van der Waals surface area contributed by atoms with Crippen LogP contribution in [-0.4, -0.2) is 54.0 Å². The molecule has 0 atom stereocenters. The number of carbonyl (C=O) groups is 1. The number of para-hydroxylation sites is 1. The molecule has 0 fully saturated rings. The molecule has 0 aliphatic rings. The molecule has 10 nitrogen and oxygen atoms in total. The van der Waals surface area contributed by atoms with Gasteiger partial charge in [-0.15, -0.1) is 0 Å². The lowest BCUT2D eigenvalue weighted by atomic mass is 10.2. The number of anilines is 2. The average molecular weight is 529 g/mol. The highest BCUT2D eigenvalue weighted by Gasteiger charge is 2.38. The van der Waals surface area contributed by atoms with Gasteiger partial charge in [-0.1, -0.05) is 32.0 Å². The molecule has 0 amide bonds. The van der Waals surface area contributed by atoms with Gasteiger partial charge in [-0.2, -0.15) is 18.3 Å². The number of aromatic nitrogens is 6. The Labute approximate surface area is 217 Å². The van der Waals surface area contributed by atoms with Gasteiger partial charge in [-0.25, -0.2) is 19.4 Å². The summed E-state index contributed by atoms with van der Waals surface area (Å²) in [6, 6.07) is 12.0. The van der Waals surface area contributed by atoms with Crippen LogP contribution in [0.1, 0.15) is 36.8 Å². The largest absolute Gasteiger partial charge is 0.490 e. The van der Waals surface area contributed by atoms with Crippen molar-refractivity contribution in [1.29, 1.82) is 0 Å². The summed E-state index contributed by atoms with van der Waals surface area (Å²) in [4.78, 5) is 28.8. The molecular weight excluding hydrogens is 501 g/mol. The number of nitrogens with zero attached hydrogens (tertiary/aromatic N) is 7. The molecule has 3 heterocycles. The summed E-state index contributed by atoms with van der Waals surface area (Å²) < 4.78 is 33.6. The van der Waals surface area contributed by atoms with Gasteiger partial charge in [0.05, 0.1) is 30.3 Å². The van der Waals surface area contributed by atoms with E-state index in [4.69, 9.17) is 14.9 Å². The molecule has 0 aliphatic carbocycles. The minimum Gasteiger partial charge on any atom is -0.475 e. The molecule has 0 aliphatic heterocycles. The van der Waals surface area contributed by atoms with E-state index < -0.39 is 12.1 Å². The highest BCUT2D eigenvalue weighted by molar-refractivity contribution is 5.73. The van der Waals surface area contributed by atoms with Gasteiger partial charge in [-0.05, 0) is 12.1 Å². The van der Waals surface area contributed by atoms with E-state index in [0.717, 1.165) is 34.4 Å². The number of aliphatic carboxylic acids is 1. The van der Waals surface area contributed by atoms with Crippen molar-refractivity contribution in [2.75, 3.05) is 17.3 Å². The molecule has 0 spiro atoms. The van der Waals surface area contributed by atoms with Crippen LogP contribution in [0.15, 0.2) is 67.4 Å². The zero-order valence-corrected chi connectivity index (χ0v) is 21.0. The lowest BCUT2D eigenvalue weighted by molar-refractivity contribution is -0.192. The molecule has 0 unspecified atom stereocenters. The lowest BCUT2D eigenvalue weighted by Crippen LogP contribution is -2.21. The zero-order valence-electron chi connectivity index (χ0n) is 21.0. The molecule has 38 heavy (non-hydrogen) atoms. The van der Waals surface area contributed by atoms with Crippen molar-refractivity contribution in [1.82, 2.24) is 29.7 Å². The molecule has 1 aromatic carbocycles. The highest BCUT2D eigenvalue weighted by atomic mass is 19.4. The number of alkyl halides is 3. The lowest BCUT2D eigenvalue weighted by Gasteiger charge is -2.20. The van der Waals surface area contributed by atoms with Crippen LogP contribution in [0.3, 0.4) is 0 Å². The third-order valence-corrected chi connectivity index (χ3v) is 5.02. The predicted octanol–water partition coefficient (Wildman–Crippen LogP) is 4.46. The van der Waals surface area contributed by atoms with Crippen molar-refractivity contribution < 1.29 is 23.1 Å². The average Bonchev–Trinajstić information content (AvgIpc) is 3.36. The molecule has 0 bridgehead atoms. The van der Waals surface area contributed by atoms with Gasteiger partial charge >= 0.3 is 12.1 Å². The van der Waals surface area contributed by atoms with Crippen molar-refractivity contribution in [3.8, 4) is 5.69 Å². The Morgan fingerprint density at radius 1 is 1.13 bits per heavy atom. The minimum absolute atomic E-state index is 0.214. The maximum absolute atomic E-state index is 10.6. The molecule has 13 heteroatoms. The third kappa shape index (κ3) is 8.25. The first-order chi connectivity index (χ1) is 18.0. The second-order valence-corrected chi connectivity index (χ2v) is 8.46. The van der Waals surface area contributed by atoms with Gasteiger partial charge < -0.3 is 15.3 Å². The molecule has 4 aromatic rings. The first-order valence-corrected chi connectivity index (χ1v) is 11.5. The Balaban J connectivity index is 0.000000505. The molecule has 0 saturated heterocycles. The quantitative estimate of drug-likeness (QED) is 0.341. The molecule has 2 N–H and O–H groups in total. The van der Waals surface area contributed by atoms with Gasteiger partial charge in [0, 0.05) is 49.7 Å². The van der Waals surface area contributed by atoms with Crippen LogP contribution >= 0.6 is 0 Å². The van der Waals surface area contributed by atoms with Crippen molar-refractivity contribution in [2.24, 2.45) is 0 Å². The van der Waals surface area contributed by atoms with Crippen molar-refractivity contribution >= 4 is 17.6 Å². The first kappa shape index (κ1) is 28.0. The highest BCUT2D eigenvalue weighted by Crippen LogP contribution is 2.21. The van der Waals surface area contributed by atoms with Crippen LogP contribution in [0.4, 0.5) is 24.8 Å². The Kier molecular flexibility index (Phi) is 9.30. The zero-order chi connectivity index (χ0) is 27.7. The Hall–Kier alpha value is -4.55. The number of hydrogen-bond acceptors (Lipinski definition) is 8. The number of rotatable bonds is 8. The number of carboxylic acid groups (broad SMARTS) is 1. The van der Waals surface area contributed by atoms with Crippen LogP contribution in [-0.2, 0) is 17.9 Å². The standard InChI is InChI=1S/C23H26N8.C2HF3O2/c1-17(2)23-28-21(26-14-19-13-24-9-10-25-19)11-22(29-23)30(3)15-18-12-27-31(16-18)20-7-5-4-6-8-20;3-2(4,5)1(6)7/h4-13,16-17H,14-15H2,1-3H3,(H,26,28,29);(H,6,7). The fraction of sp³-hybridized carbons (Fsp3) is 0.280. The number of halogens is 3. The van der Waals surface area contributed by atoms with Crippen molar-refractivity contribution in [3.63, 3.8) is 0 Å². The van der Waals surface area contributed by atoms with E-state index in [2.05, 4.69) is 44.1 Å². The summed E-state index contributed by atoms with van der Waals surface area (Å²) >= 11 is 0. The second-order valence-electron chi connectivity index (χ2n) is 8.46. The molecule has 4 rings (SSSR count).